The number of carbonyl (C=O) groups excluding carboxylic acids is 1. The van der Waals surface area contributed by atoms with E-state index in [0.717, 1.165) is 16.9 Å². The average molecular weight is 331 g/mol. The van der Waals surface area contributed by atoms with Crippen LogP contribution in [0, 0.1) is 13.8 Å². The monoisotopic (exact) mass is 331 g/mol. The third-order valence-corrected chi connectivity index (χ3v) is 3.71. The molecular formula is C17H25N5O2. The molecule has 0 aliphatic heterocycles. The van der Waals surface area contributed by atoms with Crippen LogP contribution in [-0.4, -0.2) is 45.9 Å². The van der Waals surface area contributed by atoms with Gasteiger partial charge in [-0.3, -0.25) is 0 Å². The molecular weight excluding hydrogens is 306 g/mol. The van der Waals surface area contributed by atoms with E-state index in [4.69, 9.17) is 4.74 Å². The molecule has 0 bridgehead atoms. The Bertz CT molecular complexity index is 678. The number of likely N-dealkylation sites (N-methyl/N-ethyl adjacent to an activating group) is 1. The van der Waals surface area contributed by atoms with Crippen molar-refractivity contribution in [2.24, 2.45) is 7.05 Å². The Labute approximate surface area is 142 Å². The lowest BCUT2D eigenvalue weighted by Crippen LogP contribution is -2.41. The normalized spacial score (nSPS) is 11.9. The van der Waals surface area contributed by atoms with Crippen molar-refractivity contribution >= 4 is 6.03 Å². The van der Waals surface area contributed by atoms with Gasteiger partial charge in [0.05, 0.1) is 12.6 Å². The van der Waals surface area contributed by atoms with E-state index in [2.05, 4.69) is 21.6 Å². The molecule has 0 aliphatic carbocycles. The number of benzene rings is 1. The highest BCUT2D eigenvalue weighted by atomic mass is 16.5. The number of carbonyl (C=O) groups is 1. The van der Waals surface area contributed by atoms with Crippen LogP contribution < -0.4 is 10.1 Å². The first-order valence-electron chi connectivity index (χ1n) is 7.93. The minimum Gasteiger partial charge on any atom is -0.492 e. The van der Waals surface area contributed by atoms with Crippen LogP contribution in [0.1, 0.15) is 29.9 Å². The molecule has 1 aromatic heterocycles. The highest BCUT2D eigenvalue weighted by Gasteiger charge is 2.16. The summed E-state index contributed by atoms with van der Waals surface area (Å²) in [6.45, 7) is 6.87. The Hall–Kier alpha value is -2.57. The summed E-state index contributed by atoms with van der Waals surface area (Å²) in [7, 11) is 3.59. The number of aryl methyl sites for hydroxylation is 3. The maximum Gasteiger partial charge on any atom is 0.317 e. The maximum absolute atomic E-state index is 12.2. The molecule has 0 aliphatic rings. The number of ether oxygens (including phenoxy) is 1. The fraction of sp³-hybridized carbons (Fsp3) is 0.471. The minimum absolute atomic E-state index is 0.172. The standard InChI is InChI=1S/C17H25N5O2/c1-12-8-13(2)10-15(9-12)24-7-6-21(4)17(23)19-14(3)16-20-18-11-22(16)5/h8-11,14H,6-7H2,1-5H3,(H,19,23)/t14-/m1/s1. The van der Waals surface area contributed by atoms with E-state index in [1.807, 2.05) is 40.0 Å². The number of amides is 2. The van der Waals surface area contributed by atoms with Crippen LogP contribution in [0.4, 0.5) is 4.79 Å². The molecule has 1 N–H and O–H groups in total. The van der Waals surface area contributed by atoms with Crippen molar-refractivity contribution in [3.8, 4) is 5.75 Å². The van der Waals surface area contributed by atoms with Crippen molar-refractivity contribution in [1.82, 2.24) is 25.0 Å². The first kappa shape index (κ1) is 17.8. The second-order valence-corrected chi connectivity index (χ2v) is 6.06. The van der Waals surface area contributed by atoms with E-state index >= 15 is 0 Å². The van der Waals surface area contributed by atoms with Crippen LogP contribution in [0.15, 0.2) is 24.5 Å². The van der Waals surface area contributed by atoms with Crippen LogP contribution in [-0.2, 0) is 7.05 Å². The highest BCUT2D eigenvalue weighted by Crippen LogP contribution is 2.16. The van der Waals surface area contributed by atoms with Crippen molar-refractivity contribution in [3.05, 3.63) is 41.5 Å². The smallest absolute Gasteiger partial charge is 0.317 e. The van der Waals surface area contributed by atoms with Gasteiger partial charge in [-0.1, -0.05) is 6.07 Å². The zero-order valence-electron chi connectivity index (χ0n) is 14.9. The topological polar surface area (TPSA) is 72.3 Å². The second-order valence-electron chi connectivity index (χ2n) is 6.06. The summed E-state index contributed by atoms with van der Waals surface area (Å²) >= 11 is 0. The average Bonchev–Trinajstić information content (AvgIpc) is 2.92. The SMILES string of the molecule is Cc1cc(C)cc(OCCN(C)C(=O)N[C@H](C)c2nncn2C)c1. The van der Waals surface area contributed by atoms with Crippen LogP contribution in [0.25, 0.3) is 0 Å². The lowest BCUT2D eigenvalue weighted by Gasteiger charge is -2.21. The van der Waals surface area contributed by atoms with Crippen molar-refractivity contribution < 1.29 is 9.53 Å². The molecule has 24 heavy (non-hydrogen) atoms. The quantitative estimate of drug-likeness (QED) is 0.881. The van der Waals surface area contributed by atoms with Crippen LogP contribution in [0.2, 0.25) is 0 Å². The molecule has 130 valence electrons. The fourth-order valence-electron chi connectivity index (χ4n) is 2.46. The number of aromatic nitrogens is 3. The number of hydrogen-bond acceptors (Lipinski definition) is 4. The molecule has 7 nitrogen and oxygen atoms in total. The molecule has 0 radical (unpaired) electrons. The highest BCUT2D eigenvalue weighted by molar-refractivity contribution is 5.74. The van der Waals surface area contributed by atoms with E-state index in [-0.39, 0.29) is 12.1 Å². The Balaban J connectivity index is 1.80. The van der Waals surface area contributed by atoms with Gasteiger partial charge in [-0.05, 0) is 44.0 Å². The largest absolute Gasteiger partial charge is 0.492 e. The van der Waals surface area contributed by atoms with Crippen molar-refractivity contribution in [2.75, 3.05) is 20.2 Å². The van der Waals surface area contributed by atoms with E-state index in [1.165, 1.54) is 0 Å². The third-order valence-electron chi connectivity index (χ3n) is 3.71. The van der Waals surface area contributed by atoms with E-state index in [0.29, 0.717) is 19.0 Å². The van der Waals surface area contributed by atoms with Gasteiger partial charge in [0.1, 0.15) is 18.7 Å². The lowest BCUT2D eigenvalue weighted by molar-refractivity contribution is 0.192. The summed E-state index contributed by atoms with van der Waals surface area (Å²) in [5.74, 6) is 1.54. The summed E-state index contributed by atoms with van der Waals surface area (Å²) < 4.78 is 7.52. The Kier molecular flexibility index (Phi) is 5.78. The summed E-state index contributed by atoms with van der Waals surface area (Å²) in [6.07, 6.45) is 1.61. The number of nitrogens with one attached hydrogen (secondary N) is 1. The molecule has 2 aromatic rings. The number of hydrogen-bond donors (Lipinski definition) is 1. The molecule has 1 atom stereocenters. The predicted molar refractivity (Wildman–Crippen MR) is 92.0 cm³/mol. The number of rotatable bonds is 6. The van der Waals surface area contributed by atoms with Crippen LogP contribution in [0.5, 0.6) is 5.75 Å². The molecule has 1 aromatic carbocycles. The second kappa shape index (κ2) is 7.81. The lowest BCUT2D eigenvalue weighted by atomic mass is 10.1. The van der Waals surface area contributed by atoms with Gasteiger partial charge in [-0.2, -0.15) is 0 Å². The van der Waals surface area contributed by atoms with Crippen molar-refractivity contribution in [2.45, 2.75) is 26.8 Å². The van der Waals surface area contributed by atoms with Crippen molar-refractivity contribution in [1.29, 1.82) is 0 Å². The molecule has 7 heteroatoms. The zero-order chi connectivity index (χ0) is 17.7. The summed E-state index contributed by atoms with van der Waals surface area (Å²) in [6, 6.07) is 5.69. The van der Waals surface area contributed by atoms with Gasteiger partial charge >= 0.3 is 6.03 Å². The van der Waals surface area contributed by atoms with Gasteiger partial charge in [-0.25, -0.2) is 4.79 Å². The summed E-state index contributed by atoms with van der Waals surface area (Å²) in [5.41, 5.74) is 2.32. The number of nitrogens with zero attached hydrogens (tertiary/aromatic N) is 4. The molecule has 2 amide bonds. The Morgan fingerprint density at radius 3 is 2.58 bits per heavy atom. The first-order chi connectivity index (χ1) is 11.4. The van der Waals surface area contributed by atoms with Gasteiger partial charge in [0, 0.05) is 14.1 Å². The van der Waals surface area contributed by atoms with Crippen molar-refractivity contribution in [3.63, 3.8) is 0 Å². The van der Waals surface area contributed by atoms with Crippen LogP contribution in [0.3, 0.4) is 0 Å². The Morgan fingerprint density at radius 1 is 1.33 bits per heavy atom. The van der Waals surface area contributed by atoms with E-state index in [9.17, 15) is 4.79 Å². The van der Waals surface area contributed by atoms with E-state index < -0.39 is 0 Å². The van der Waals surface area contributed by atoms with Gasteiger partial charge in [-0.15, -0.1) is 10.2 Å². The van der Waals surface area contributed by atoms with Gasteiger partial charge < -0.3 is 19.5 Å². The molecule has 0 unspecified atom stereocenters. The van der Waals surface area contributed by atoms with Gasteiger partial charge in [0.2, 0.25) is 0 Å². The maximum atomic E-state index is 12.2. The number of urea groups is 1. The van der Waals surface area contributed by atoms with Crippen LogP contribution >= 0.6 is 0 Å². The summed E-state index contributed by atoms with van der Waals surface area (Å²) in [5, 5.41) is 10.7. The third kappa shape index (κ3) is 4.71. The minimum atomic E-state index is -0.215. The molecule has 0 saturated carbocycles. The summed E-state index contributed by atoms with van der Waals surface area (Å²) in [4.78, 5) is 13.8. The predicted octanol–water partition coefficient (Wildman–Crippen LogP) is 2.21. The molecule has 0 spiro atoms. The molecule has 2 rings (SSSR count). The molecule has 0 saturated heterocycles. The van der Waals surface area contributed by atoms with E-state index in [1.54, 1.807) is 22.8 Å². The first-order valence-corrected chi connectivity index (χ1v) is 7.93. The van der Waals surface area contributed by atoms with Gasteiger partial charge in [0.15, 0.2) is 5.82 Å². The Morgan fingerprint density at radius 2 is 2.00 bits per heavy atom. The molecule has 0 fully saturated rings. The fourth-order valence-corrected chi connectivity index (χ4v) is 2.46. The zero-order valence-corrected chi connectivity index (χ0v) is 14.9. The van der Waals surface area contributed by atoms with Gasteiger partial charge in [0.25, 0.3) is 0 Å². The molecule has 1 heterocycles.